The number of nitrogens with one attached hydrogen (secondary N) is 2. The summed E-state index contributed by atoms with van der Waals surface area (Å²) in [5.74, 6) is -0.457. The van der Waals surface area contributed by atoms with Crippen LogP contribution in [0.25, 0.3) is 0 Å². The average molecular weight is 446 g/mol. The van der Waals surface area contributed by atoms with Gasteiger partial charge in [0.05, 0.1) is 0 Å². The molecule has 0 radical (unpaired) electrons. The molecule has 7 heteroatoms. The number of amides is 3. The van der Waals surface area contributed by atoms with Crippen molar-refractivity contribution in [3.8, 4) is 0 Å². The zero-order valence-electron chi connectivity index (χ0n) is 20.4. The van der Waals surface area contributed by atoms with E-state index >= 15 is 0 Å². The number of aryl methyl sites for hydroxylation is 2. The molecule has 0 aliphatic heterocycles. The Hall–Kier alpha value is -2.57. The van der Waals surface area contributed by atoms with E-state index in [4.69, 9.17) is 4.74 Å². The number of carbonyl (C=O) groups excluding carboxylic acids is 3. The van der Waals surface area contributed by atoms with Crippen molar-refractivity contribution >= 4 is 17.9 Å². The Morgan fingerprint density at radius 2 is 1.84 bits per heavy atom. The Morgan fingerprint density at radius 3 is 2.41 bits per heavy atom. The lowest BCUT2D eigenvalue weighted by Gasteiger charge is -2.42. The first-order chi connectivity index (χ1) is 15.0. The molecule has 1 saturated carbocycles. The standard InChI is InChI=1S/C25H39N3O4/c1-7-8-14-26-23(30)22(20-15-17(2)12-13-18(20)3)28(19-10-9-11-19)21(29)16-27-24(31)32-25(4,5)6/h12-13,15,19,22H,7-11,14,16H2,1-6H3,(H,26,30)(H,27,31). The Balaban J connectivity index is 2.31. The van der Waals surface area contributed by atoms with E-state index in [1.165, 1.54) is 0 Å². The number of alkyl carbamates (subject to hydrolysis) is 1. The summed E-state index contributed by atoms with van der Waals surface area (Å²) in [6, 6.07) is 5.22. The fourth-order valence-corrected chi connectivity index (χ4v) is 3.73. The smallest absolute Gasteiger partial charge is 0.408 e. The van der Waals surface area contributed by atoms with E-state index in [9.17, 15) is 14.4 Å². The Bertz CT molecular complexity index is 812. The molecule has 0 bridgehead atoms. The normalized spacial score (nSPS) is 14.8. The van der Waals surface area contributed by atoms with E-state index in [0.29, 0.717) is 6.54 Å². The second kappa shape index (κ2) is 11.3. The molecular formula is C25H39N3O4. The fraction of sp³-hybridized carbons (Fsp3) is 0.640. The topological polar surface area (TPSA) is 87.7 Å². The van der Waals surface area contributed by atoms with Gasteiger partial charge in [-0.05, 0) is 71.4 Å². The molecule has 1 atom stereocenters. The minimum Gasteiger partial charge on any atom is -0.444 e. The van der Waals surface area contributed by atoms with Crippen molar-refractivity contribution in [2.45, 2.75) is 91.3 Å². The monoisotopic (exact) mass is 445 g/mol. The third kappa shape index (κ3) is 7.24. The lowest BCUT2D eigenvalue weighted by molar-refractivity contribution is -0.145. The van der Waals surface area contributed by atoms with Gasteiger partial charge in [0.15, 0.2) is 0 Å². The largest absolute Gasteiger partial charge is 0.444 e. The highest BCUT2D eigenvalue weighted by Gasteiger charge is 2.39. The van der Waals surface area contributed by atoms with Gasteiger partial charge in [-0.25, -0.2) is 4.79 Å². The van der Waals surface area contributed by atoms with Crippen LogP contribution in [0, 0.1) is 13.8 Å². The van der Waals surface area contributed by atoms with Gasteiger partial charge in [-0.15, -0.1) is 0 Å². The van der Waals surface area contributed by atoms with Crippen LogP contribution in [0.2, 0.25) is 0 Å². The molecule has 1 aliphatic carbocycles. The van der Waals surface area contributed by atoms with Gasteiger partial charge in [0.1, 0.15) is 18.2 Å². The number of carbonyl (C=O) groups is 3. The summed E-state index contributed by atoms with van der Waals surface area (Å²) in [4.78, 5) is 40.5. The average Bonchev–Trinajstić information content (AvgIpc) is 2.65. The fourth-order valence-electron chi connectivity index (χ4n) is 3.73. The quantitative estimate of drug-likeness (QED) is 0.559. The summed E-state index contributed by atoms with van der Waals surface area (Å²) in [5.41, 5.74) is 2.17. The molecule has 3 amide bonds. The number of unbranched alkanes of at least 4 members (excludes halogenated alkanes) is 1. The van der Waals surface area contributed by atoms with Gasteiger partial charge in [0, 0.05) is 12.6 Å². The van der Waals surface area contributed by atoms with Gasteiger partial charge in [0.2, 0.25) is 11.8 Å². The highest BCUT2D eigenvalue weighted by Crippen LogP contribution is 2.34. The zero-order valence-corrected chi connectivity index (χ0v) is 20.4. The molecule has 1 unspecified atom stereocenters. The molecule has 32 heavy (non-hydrogen) atoms. The van der Waals surface area contributed by atoms with Crippen molar-refractivity contribution in [2.75, 3.05) is 13.1 Å². The van der Waals surface area contributed by atoms with Gasteiger partial charge in [-0.1, -0.05) is 37.1 Å². The molecule has 178 valence electrons. The summed E-state index contributed by atoms with van der Waals surface area (Å²) in [6.45, 7) is 11.7. The van der Waals surface area contributed by atoms with Crippen molar-refractivity contribution in [1.29, 1.82) is 0 Å². The molecule has 0 saturated heterocycles. The van der Waals surface area contributed by atoms with Crippen LogP contribution < -0.4 is 10.6 Å². The molecule has 1 aromatic rings. The molecule has 2 rings (SSSR count). The van der Waals surface area contributed by atoms with E-state index < -0.39 is 17.7 Å². The maximum Gasteiger partial charge on any atom is 0.408 e. The van der Waals surface area contributed by atoms with Crippen molar-refractivity contribution in [2.24, 2.45) is 0 Å². The van der Waals surface area contributed by atoms with Gasteiger partial charge in [-0.3, -0.25) is 9.59 Å². The molecule has 0 spiro atoms. The number of benzene rings is 1. The Morgan fingerprint density at radius 1 is 1.16 bits per heavy atom. The first kappa shape index (κ1) is 25.7. The number of nitrogens with zero attached hydrogens (tertiary/aromatic N) is 1. The summed E-state index contributed by atoms with van der Waals surface area (Å²) >= 11 is 0. The highest BCUT2D eigenvalue weighted by molar-refractivity contribution is 5.91. The van der Waals surface area contributed by atoms with E-state index in [2.05, 4.69) is 17.6 Å². The third-order valence-corrected chi connectivity index (χ3v) is 5.62. The van der Waals surface area contributed by atoms with Crippen LogP contribution >= 0.6 is 0 Å². The lowest BCUT2D eigenvalue weighted by Crippen LogP contribution is -2.54. The van der Waals surface area contributed by atoms with E-state index in [1.54, 1.807) is 25.7 Å². The van der Waals surface area contributed by atoms with Crippen LogP contribution in [-0.4, -0.2) is 47.5 Å². The minimum absolute atomic E-state index is 0.0234. The summed E-state index contributed by atoms with van der Waals surface area (Å²) < 4.78 is 5.26. The summed E-state index contributed by atoms with van der Waals surface area (Å²) in [5, 5.41) is 5.58. The predicted molar refractivity (Wildman–Crippen MR) is 125 cm³/mol. The van der Waals surface area contributed by atoms with Gasteiger partial charge >= 0.3 is 6.09 Å². The maximum atomic E-state index is 13.4. The van der Waals surface area contributed by atoms with E-state index in [0.717, 1.165) is 48.8 Å². The first-order valence-corrected chi connectivity index (χ1v) is 11.7. The molecule has 1 aliphatic rings. The second-order valence-electron chi connectivity index (χ2n) is 9.65. The minimum atomic E-state index is -0.731. The number of hydrogen-bond acceptors (Lipinski definition) is 4. The van der Waals surface area contributed by atoms with Gasteiger partial charge < -0.3 is 20.3 Å². The third-order valence-electron chi connectivity index (χ3n) is 5.62. The number of hydrogen-bond donors (Lipinski definition) is 2. The van der Waals surface area contributed by atoms with Crippen LogP contribution in [0.15, 0.2) is 18.2 Å². The SMILES string of the molecule is CCCCNC(=O)C(c1cc(C)ccc1C)N(C(=O)CNC(=O)OC(C)(C)C)C1CCC1. The Kier molecular flexibility index (Phi) is 9.10. The highest BCUT2D eigenvalue weighted by atomic mass is 16.6. The summed E-state index contributed by atoms with van der Waals surface area (Å²) in [7, 11) is 0. The molecule has 0 heterocycles. The van der Waals surface area contributed by atoms with Crippen molar-refractivity contribution in [1.82, 2.24) is 15.5 Å². The number of rotatable bonds is 9. The molecule has 0 aromatic heterocycles. The van der Waals surface area contributed by atoms with Crippen LogP contribution in [0.4, 0.5) is 4.79 Å². The first-order valence-electron chi connectivity index (χ1n) is 11.7. The van der Waals surface area contributed by atoms with Crippen LogP contribution in [-0.2, 0) is 14.3 Å². The zero-order chi connectivity index (χ0) is 23.9. The Labute approximate surface area is 192 Å². The predicted octanol–water partition coefficient (Wildman–Crippen LogP) is 4.17. The molecule has 7 nitrogen and oxygen atoms in total. The van der Waals surface area contributed by atoms with Gasteiger partial charge in [-0.2, -0.15) is 0 Å². The van der Waals surface area contributed by atoms with Crippen molar-refractivity contribution in [3.63, 3.8) is 0 Å². The van der Waals surface area contributed by atoms with Crippen molar-refractivity contribution < 1.29 is 19.1 Å². The van der Waals surface area contributed by atoms with Gasteiger partial charge in [0.25, 0.3) is 0 Å². The molecule has 2 N–H and O–H groups in total. The van der Waals surface area contributed by atoms with E-state index in [-0.39, 0.29) is 24.4 Å². The lowest BCUT2D eigenvalue weighted by atomic mass is 9.87. The maximum absolute atomic E-state index is 13.4. The van der Waals surface area contributed by atoms with E-state index in [1.807, 2.05) is 32.0 Å². The van der Waals surface area contributed by atoms with Crippen molar-refractivity contribution in [3.05, 3.63) is 34.9 Å². The van der Waals surface area contributed by atoms with Crippen LogP contribution in [0.5, 0.6) is 0 Å². The van der Waals surface area contributed by atoms with Crippen LogP contribution in [0.1, 0.15) is 82.5 Å². The second-order valence-corrected chi connectivity index (χ2v) is 9.65. The number of ether oxygens (including phenoxy) is 1. The molecule has 1 aromatic carbocycles. The molecular weight excluding hydrogens is 406 g/mol. The summed E-state index contributed by atoms with van der Waals surface area (Å²) in [6.07, 6.45) is 3.92. The molecule has 1 fully saturated rings. The van der Waals surface area contributed by atoms with Crippen LogP contribution in [0.3, 0.4) is 0 Å².